The highest BCUT2D eigenvalue weighted by atomic mass is 32.1. The standard InChI is InChI=1S/C13H27NOS/c1-3-5-7-9-11-14(13(15)16)12-10-8-6-4-2/h3-12H2,1-2H3,(H,15,16). The zero-order chi connectivity index (χ0) is 12.2. The zero-order valence-electron chi connectivity index (χ0n) is 10.9. The minimum atomic E-state index is 0.0768. The number of nitrogens with zero attached hydrogens (tertiary/aromatic N) is 1. The molecule has 0 aromatic heterocycles. The molecule has 0 radical (unpaired) electrons. The molecule has 3 heteroatoms. The number of hydrogen-bond acceptors (Lipinski definition) is 1. The van der Waals surface area contributed by atoms with E-state index >= 15 is 0 Å². The molecule has 0 spiro atoms. The lowest BCUT2D eigenvalue weighted by Gasteiger charge is -2.21. The summed E-state index contributed by atoms with van der Waals surface area (Å²) < 4.78 is 0. The van der Waals surface area contributed by atoms with Crippen LogP contribution in [0.4, 0.5) is 0 Å². The first-order chi connectivity index (χ1) is 7.72. The molecule has 2 nitrogen and oxygen atoms in total. The molecule has 0 bridgehead atoms. The van der Waals surface area contributed by atoms with Crippen molar-refractivity contribution in [1.29, 1.82) is 0 Å². The van der Waals surface area contributed by atoms with Gasteiger partial charge in [-0.3, -0.25) is 0 Å². The molecule has 0 saturated heterocycles. The van der Waals surface area contributed by atoms with Gasteiger partial charge in [-0.2, -0.15) is 0 Å². The quantitative estimate of drug-likeness (QED) is 0.459. The van der Waals surface area contributed by atoms with Crippen molar-refractivity contribution < 1.29 is 5.11 Å². The first-order valence-corrected chi connectivity index (χ1v) is 7.11. The molecular weight excluding hydrogens is 218 g/mol. The van der Waals surface area contributed by atoms with Gasteiger partial charge in [-0.05, 0) is 25.1 Å². The number of thiocarbonyl (C=S) groups is 1. The summed E-state index contributed by atoms with van der Waals surface area (Å²) in [5.74, 6) is 0. The number of rotatable bonds is 10. The third-order valence-electron chi connectivity index (χ3n) is 2.83. The van der Waals surface area contributed by atoms with E-state index in [1.807, 2.05) is 4.90 Å². The van der Waals surface area contributed by atoms with Gasteiger partial charge in [0.25, 0.3) is 5.17 Å². The summed E-state index contributed by atoms with van der Waals surface area (Å²) in [4.78, 5) is 1.95. The SMILES string of the molecule is CCCCCCN(CCCCCC)C(O)=S. The Balaban J connectivity index is 3.59. The summed E-state index contributed by atoms with van der Waals surface area (Å²) in [5.41, 5.74) is 0. The maximum Gasteiger partial charge on any atom is 0.256 e. The molecule has 0 rings (SSSR count). The van der Waals surface area contributed by atoms with Crippen molar-refractivity contribution in [1.82, 2.24) is 4.90 Å². The van der Waals surface area contributed by atoms with E-state index in [-0.39, 0.29) is 5.17 Å². The van der Waals surface area contributed by atoms with Gasteiger partial charge in [0.05, 0.1) is 0 Å². The van der Waals surface area contributed by atoms with Crippen LogP contribution in [0.25, 0.3) is 0 Å². The van der Waals surface area contributed by atoms with Gasteiger partial charge in [0.1, 0.15) is 0 Å². The van der Waals surface area contributed by atoms with Gasteiger partial charge in [-0.25, -0.2) is 0 Å². The van der Waals surface area contributed by atoms with E-state index in [0.29, 0.717) is 0 Å². The van der Waals surface area contributed by atoms with Crippen LogP contribution in [0.1, 0.15) is 65.2 Å². The minimum Gasteiger partial charge on any atom is -0.487 e. The van der Waals surface area contributed by atoms with Crippen LogP contribution in [0.5, 0.6) is 0 Å². The summed E-state index contributed by atoms with van der Waals surface area (Å²) >= 11 is 4.85. The third kappa shape index (κ3) is 8.96. The van der Waals surface area contributed by atoms with Crippen LogP contribution in [-0.4, -0.2) is 28.3 Å². The molecule has 0 aliphatic rings. The summed E-state index contributed by atoms with van der Waals surface area (Å²) in [6.07, 6.45) is 9.82. The predicted molar refractivity (Wildman–Crippen MR) is 75.1 cm³/mol. The van der Waals surface area contributed by atoms with Gasteiger partial charge in [-0.15, -0.1) is 0 Å². The number of hydrogen-bond donors (Lipinski definition) is 1. The lowest BCUT2D eigenvalue weighted by atomic mass is 10.2. The second-order valence-electron chi connectivity index (χ2n) is 4.39. The van der Waals surface area contributed by atoms with E-state index in [4.69, 9.17) is 12.2 Å². The van der Waals surface area contributed by atoms with Crippen molar-refractivity contribution in [2.45, 2.75) is 65.2 Å². The van der Waals surface area contributed by atoms with Crippen molar-refractivity contribution in [2.75, 3.05) is 13.1 Å². The van der Waals surface area contributed by atoms with Crippen molar-refractivity contribution >= 4 is 17.4 Å². The average molecular weight is 245 g/mol. The Bertz CT molecular complexity index is 161. The summed E-state index contributed by atoms with van der Waals surface area (Å²) in [6.45, 7) is 6.25. The monoisotopic (exact) mass is 245 g/mol. The second-order valence-corrected chi connectivity index (χ2v) is 4.76. The van der Waals surface area contributed by atoms with Gasteiger partial charge in [-0.1, -0.05) is 52.4 Å². The van der Waals surface area contributed by atoms with Crippen LogP contribution < -0.4 is 0 Å². The Morgan fingerprint density at radius 1 is 0.875 bits per heavy atom. The van der Waals surface area contributed by atoms with E-state index in [1.165, 1.54) is 38.5 Å². The van der Waals surface area contributed by atoms with Gasteiger partial charge in [0.2, 0.25) is 0 Å². The molecule has 0 atom stereocenters. The molecular formula is C13H27NOS. The van der Waals surface area contributed by atoms with Crippen molar-refractivity contribution in [3.63, 3.8) is 0 Å². The molecule has 0 fully saturated rings. The normalized spacial score (nSPS) is 10.4. The largest absolute Gasteiger partial charge is 0.487 e. The highest BCUT2D eigenvalue weighted by Gasteiger charge is 2.06. The zero-order valence-corrected chi connectivity index (χ0v) is 11.7. The smallest absolute Gasteiger partial charge is 0.256 e. The predicted octanol–water partition coefficient (Wildman–Crippen LogP) is 4.29. The molecule has 0 aliphatic heterocycles. The fraction of sp³-hybridized carbons (Fsp3) is 0.923. The fourth-order valence-electron chi connectivity index (χ4n) is 1.76. The van der Waals surface area contributed by atoms with Gasteiger partial charge >= 0.3 is 0 Å². The first-order valence-electron chi connectivity index (χ1n) is 6.70. The van der Waals surface area contributed by atoms with Crippen molar-refractivity contribution in [3.8, 4) is 0 Å². The number of aliphatic hydroxyl groups excluding tert-OH is 1. The van der Waals surface area contributed by atoms with Crippen LogP contribution in [0, 0.1) is 0 Å². The Kier molecular flexibility index (Phi) is 11.0. The van der Waals surface area contributed by atoms with Crippen LogP contribution in [0.2, 0.25) is 0 Å². The number of unbranched alkanes of at least 4 members (excludes halogenated alkanes) is 6. The maximum absolute atomic E-state index is 9.38. The molecule has 0 aromatic carbocycles. The average Bonchev–Trinajstić information content (AvgIpc) is 2.26. The summed E-state index contributed by atoms with van der Waals surface area (Å²) in [7, 11) is 0. The second kappa shape index (κ2) is 11.2. The van der Waals surface area contributed by atoms with Crippen LogP contribution in [-0.2, 0) is 0 Å². The van der Waals surface area contributed by atoms with Crippen LogP contribution in [0.3, 0.4) is 0 Å². The van der Waals surface area contributed by atoms with E-state index < -0.39 is 0 Å². The van der Waals surface area contributed by atoms with Gasteiger partial charge in [0.15, 0.2) is 0 Å². The molecule has 0 aromatic rings. The summed E-state index contributed by atoms with van der Waals surface area (Å²) in [6, 6.07) is 0. The third-order valence-corrected chi connectivity index (χ3v) is 3.09. The van der Waals surface area contributed by atoms with Gasteiger partial charge < -0.3 is 10.0 Å². The number of aliphatic hydroxyl groups is 1. The highest BCUT2D eigenvalue weighted by molar-refractivity contribution is 7.79. The highest BCUT2D eigenvalue weighted by Crippen LogP contribution is 2.05. The lowest BCUT2D eigenvalue weighted by Crippen LogP contribution is -2.31. The van der Waals surface area contributed by atoms with Crippen LogP contribution in [0.15, 0.2) is 0 Å². The molecule has 1 N–H and O–H groups in total. The maximum atomic E-state index is 9.38. The minimum absolute atomic E-state index is 0.0768. The molecule has 96 valence electrons. The molecule has 0 unspecified atom stereocenters. The molecule has 0 heterocycles. The summed E-state index contributed by atoms with van der Waals surface area (Å²) in [5, 5.41) is 9.46. The lowest BCUT2D eigenvalue weighted by molar-refractivity contribution is 0.328. The topological polar surface area (TPSA) is 23.5 Å². The van der Waals surface area contributed by atoms with E-state index in [1.54, 1.807) is 0 Å². The molecule has 0 amide bonds. The Labute approximate surface area is 106 Å². The van der Waals surface area contributed by atoms with Crippen molar-refractivity contribution in [2.24, 2.45) is 0 Å². The van der Waals surface area contributed by atoms with Crippen molar-refractivity contribution in [3.05, 3.63) is 0 Å². The first kappa shape index (κ1) is 15.7. The molecule has 0 saturated carbocycles. The Morgan fingerprint density at radius 3 is 1.62 bits per heavy atom. The Hall–Kier alpha value is -0.310. The molecule has 0 aliphatic carbocycles. The Morgan fingerprint density at radius 2 is 1.31 bits per heavy atom. The van der Waals surface area contributed by atoms with E-state index in [2.05, 4.69) is 13.8 Å². The van der Waals surface area contributed by atoms with E-state index in [9.17, 15) is 5.11 Å². The van der Waals surface area contributed by atoms with Crippen LogP contribution >= 0.6 is 12.2 Å². The fourth-order valence-corrected chi connectivity index (χ4v) is 1.94. The molecule has 16 heavy (non-hydrogen) atoms. The van der Waals surface area contributed by atoms with Gasteiger partial charge in [0, 0.05) is 13.1 Å². The van der Waals surface area contributed by atoms with E-state index in [0.717, 1.165) is 25.9 Å².